The smallest absolute Gasteiger partial charge is 0.335 e. The first-order valence-electron chi connectivity index (χ1n) is 12.7. The molecule has 0 atom stereocenters. The molecule has 216 valence electrons. The molecule has 10 nitrogen and oxygen atoms in total. The molecule has 0 aromatic heterocycles. The molecule has 1 aliphatic heterocycles. The molecular weight excluding hydrogens is 597 g/mol. The summed E-state index contributed by atoms with van der Waals surface area (Å²) in [6, 6.07) is 23.0. The van der Waals surface area contributed by atoms with Gasteiger partial charge in [-0.1, -0.05) is 41.4 Å². The third kappa shape index (κ3) is 6.83. The number of barbiturate groups is 1. The van der Waals surface area contributed by atoms with E-state index >= 15 is 0 Å². The van der Waals surface area contributed by atoms with Crippen LogP contribution < -0.4 is 19.7 Å². The van der Waals surface area contributed by atoms with Crippen LogP contribution >= 0.6 is 23.2 Å². The van der Waals surface area contributed by atoms with E-state index in [-0.39, 0.29) is 30.2 Å². The van der Waals surface area contributed by atoms with Gasteiger partial charge in [0.2, 0.25) is 0 Å². The molecule has 1 heterocycles. The monoisotopic (exact) mass is 617 g/mol. The molecule has 1 fully saturated rings. The minimum absolute atomic E-state index is 0.0471. The highest BCUT2D eigenvalue weighted by Crippen LogP contribution is 2.30. The highest BCUT2D eigenvalue weighted by atomic mass is 35.5. The molecule has 4 amide bonds. The lowest BCUT2D eigenvalue weighted by Crippen LogP contribution is -2.54. The summed E-state index contributed by atoms with van der Waals surface area (Å²) in [6.45, 7) is 0.267. The summed E-state index contributed by atoms with van der Waals surface area (Å²) in [4.78, 5) is 50.2. The minimum Gasteiger partial charge on any atom is -0.489 e. The maximum Gasteiger partial charge on any atom is 0.335 e. The topological polar surface area (TPSA) is 128 Å². The van der Waals surface area contributed by atoms with Crippen molar-refractivity contribution in [1.29, 1.82) is 0 Å². The Morgan fingerprint density at radius 2 is 1.58 bits per heavy atom. The summed E-state index contributed by atoms with van der Waals surface area (Å²) in [5, 5.41) is 14.0. The summed E-state index contributed by atoms with van der Waals surface area (Å²) in [7, 11) is 0. The molecule has 0 radical (unpaired) electrons. The number of carbonyl (C=O) groups excluding carboxylic acids is 3. The van der Waals surface area contributed by atoms with Crippen molar-refractivity contribution in [2.24, 2.45) is 0 Å². The zero-order valence-electron chi connectivity index (χ0n) is 22.2. The molecule has 4 aromatic rings. The number of nitrogens with zero attached hydrogens (tertiary/aromatic N) is 2. The van der Waals surface area contributed by atoms with E-state index in [0.717, 1.165) is 10.5 Å². The Morgan fingerprint density at radius 3 is 2.28 bits per heavy atom. The maximum absolute atomic E-state index is 13.4. The van der Waals surface area contributed by atoms with Gasteiger partial charge in [0.05, 0.1) is 10.6 Å². The summed E-state index contributed by atoms with van der Waals surface area (Å²) in [5.74, 6) is -0.958. The number of halogens is 2. The quantitative estimate of drug-likeness (QED) is 0.0954. The maximum atomic E-state index is 13.4. The van der Waals surface area contributed by atoms with E-state index < -0.39 is 22.8 Å². The van der Waals surface area contributed by atoms with Gasteiger partial charge < -0.3 is 9.47 Å². The van der Waals surface area contributed by atoms with Crippen LogP contribution in [0.3, 0.4) is 0 Å². The Bertz CT molecular complexity index is 1760. The molecule has 5 rings (SSSR count). The van der Waals surface area contributed by atoms with Crippen LogP contribution in [0.5, 0.6) is 11.5 Å². The van der Waals surface area contributed by atoms with Gasteiger partial charge in [-0.05, 0) is 72.3 Å². The molecule has 1 saturated heterocycles. The summed E-state index contributed by atoms with van der Waals surface area (Å²) in [5.41, 5.74) is 1.60. The van der Waals surface area contributed by atoms with E-state index in [0.29, 0.717) is 32.7 Å². The number of rotatable bonds is 9. The normalized spacial score (nSPS) is 14.0. The Hall–Kier alpha value is -5.19. The summed E-state index contributed by atoms with van der Waals surface area (Å²) < 4.78 is 11.7. The standard InChI is InChI=1S/C31H21Cl2N3O7/c32-22-7-14-28(43-17-19-5-8-24(9-6-19)36(40)41)21(15-22)16-26-29(37)34-31(39)35(30(26)38)23-10-12-25(13-11-23)42-18-20-3-1-2-4-27(20)33/h1-16H,17-18H2,(H,34,37,39)/b26-16+. The Labute approximate surface area is 255 Å². The van der Waals surface area contributed by atoms with Gasteiger partial charge in [0.15, 0.2) is 0 Å². The number of amides is 4. The number of nitro benzene ring substituents is 1. The molecule has 12 heteroatoms. The van der Waals surface area contributed by atoms with Crippen molar-refractivity contribution >= 4 is 58.5 Å². The first-order valence-corrected chi connectivity index (χ1v) is 13.5. The van der Waals surface area contributed by atoms with Crippen molar-refractivity contribution in [3.63, 3.8) is 0 Å². The lowest BCUT2D eigenvalue weighted by atomic mass is 10.1. The van der Waals surface area contributed by atoms with Crippen molar-refractivity contribution < 1.29 is 28.8 Å². The third-order valence-corrected chi connectivity index (χ3v) is 6.97. The molecule has 0 spiro atoms. The molecule has 0 unspecified atom stereocenters. The van der Waals surface area contributed by atoms with Crippen LogP contribution in [-0.4, -0.2) is 22.8 Å². The predicted octanol–water partition coefficient (Wildman–Crippen LogP) is 6.73. The fourth-order valence-electron chi connectivity index (χ4n) is 4.15. The number of urea groups is 1. The fraction of sp³-hybridized carbons (Fsp3) is 0.0645. The number of hydrogen-bond acceptors (Lipinski definition) is 7. The largest absolute Gasteiger partial charge is 0.489 e. The van der Waals surface area contributed by atoms with Crippen molar-refractivity contribution in [3.05, 3.63) is 133 Å². The van der Waals surface area contributed by atoms with Gasteiger partial charge in [0.1, 0.15) is 30.3 Å². The molecule has 0 saturated carbocycles. The second-order valence-corrected chi connectivity index (χ2v) is 10.1. The van der Waals surface area contributed by atoms with Crippen molar-refractivity contribution in [2.75, 3.05) is 4.90 Å². The number of benzene rings is 4. The second-order valence-electron chi connectivity index (χ2n) is 9.23. The lowest BCUT2D eigenvalue weighted by molar-refractivity contribution is -0.384. The number of carbonyl (C=O) groups is 3. The average molecular weight is 618 g/mol. The number of imide groups is 2. The van der Waals surface area contributed by atoms with Gasteiger partial charge in [-0.25, -0.2) is 9.69 Å². The molecule has 1 N–H and O–H groups in total. The van der Waals surface area contributed by atoms with Gasteiger partial charge in [-0.15, -0.1) is 0 Å². The third-order valence-electron chi connectivity index (χ3n) is 6.36. The van der Waals surface area contributed by atoms with Gasteiger partial charge >= 0.3 is 6.03 Å². The number of nitro groups is 1. The van der Waals surface area contributed by atoms with Crippen LogP contribution in [0.4, 0.5) is 16.2 Å². The number of hydrogen-bond donors (Lipinski definition) is 1. The van der Waals surface area contributed by atoms with Crippen molar-refractivity contribution in [2.45, 2.75) is 13.2 Å². The molecule has 4 aromatic carbocycles. The fourth-order valence-corrected chi connectivity index (χ4v) is 4.52. The second kappa shape index (κ2) is 12.8. The molecule has 43 heavy (non-hydrogen) atoms. The number of non-ortho nitro benzene ring substituents is 1. The molecule has 1 aliphatic rings. The van der Waals surface area contributed by atoms with Gasteiger partial charge in [0.25, 0.3) is 17.5 Å². The zero-order valence-corrected chi connectivity index (χ0v) is 23.7. The molecule has 0 bridgehead atoms. The van der Waals surface area contributed by atoms with Gasteiger partial charge in [-0.2, -0.15) is 0 Å². The minimum atomic E-state index is -0.905. The highest BCUT2D eigenvalue weighted by Gasteiger charge is 2.37. The van der Waals surface area contributed by atoms with E-state index in [4.69, 9.17) is 32.7 Å². The summed E-state index contributed by atoms with van der Waals surface area (Å²) >= 11 is 12.4. The zero-order chi connectivity index (χ0) is 30.5. The van der Waals surface area contributed by atoms with Crippen molar-refractivity contribution in [1.82, 2.24) is 5.32 Å². The lowest BCUT2D eigenvalue weighted by Gasteiger charge is -2.26. The Balaban J connectivity index is 1.35. The van der Waals surface area contributed by atoms with Crippen LogP contribution in [-0.2, 0) is 22.8 Å². The van der Waals surface area contributed by atoms with E-state index in [1.54, 1.807) is 42.5 Å². The number of nitrogens with one attached hydrogen (secondary N) is 1. The van der Waals surface area contributed by atoms with E-state index in [2.05, 4.69) is 5.32 Å². The average Bonchev–Trinajstić information content (AvgIpc) is 2.99. The van der Waals surface area contributed by atoms with E-state index in [1.807, 2.05) is 18.2 Å². The highest BCUT2D eigenvalue weighted by molar-refractivity contribution is 6.39. The van der Waals surface area contributed by atoms with Crippen LogP contribution in [0.1, 0.15) is 16.7 Å². The van der Waals surface area contributed by atoms with Crippen LogP contribution in [0.15, 0.2) is 96.6 Å². The summed E-state index contributed by atoms with van der Waals surface area (Å²) in [6.07, 6.45) is 1.29. The SMILES string of the molecule is O=C1NC(=O)N(c2ccc(OCc3ccccc3Cl)cc2)C(=O)/C1=C/c1cc(Cl)ccc1OCc1ccc([N+](=O)[O-])cc1. The van der Waals surface area contributed by atoms with Gasteiger partial charge in [0, 0.05) is 33.3 Å². The van der Waals surface area contributed by atoms with E-state index in [9.17, 15) is 24.5 Å². The van der Waals surface area contributed by atoms with Crippen LogP contribution in [0.2, 0.25) is 10.0 Å². The number of ether oxygens (including phenoxy) is 2. The van der Waals surface area contributed by atoms with Gasteiger partial charge in [-0.3, -0.25) is 25.0 Å². The number of anilines is 1. The molecule has 0 aliphatic carbocycles. The first-order chi connectivity index (χ1) is 20.7. The van der Waals surface area contributed by atoms with E-state index in [1.165, 1.54) is 36.4 Å². The molecular formula is C31H21Cl2N3O7. The Morgan fingerprint density at radius 1 is 0.860 bits per heavy atom. The van der Waals surface area contributed by atoms with Crippen LogP contribution in [0, 0.1) is 10.1 Å². The predicted molar refractivity (Wildman–Crippen MR) is 160 cm³/mol. The van der Waals surface area contributed by atoms with Crippen molar-refractivity contribution in [3.8, 4) is 11.5 Å². The Kier molecular flexibility index (Phi) is 8.70. The van der Waals surface area contributed by atoms with Crippen LogP contribution in [0.25, 0.3) is 6.08 Å². The first kappa shape index (κ1) is 29.3.